The third-order valence-corrected chi connectivity index (χ3v) is 7.38. The first kappa shape index (κ1) is 22.2. The maximum atomic E-state index is 12.7. The number of halogens is 2. The number of hydrogen-bond acceptors (Lipinski definition) is 6. The number of aromatic nitrogens is 3. The zero-order valence-electron chi connectivity index (χ0n) is 16.8. The first-order valence-corrected chi connectivity index (χ1v) is 10.9. The van der Waals surface area contributed by atoms with E-state index in [0.717, 1.165) is 16.0 Å². The Balaban J connectivity index is 1.68. The minimum Gasteiger partial charge on any atom is -0.384 e. The van der Waals surface area contributed by atoms with Crippen molar-refractivity contribution in [1.29, 1.82) is 0 Å². The Kier molecular flexibility index (Phi) is 6.67. The first-order chi connectivity index (χ1) is 13.6. The summed E-state index contributed by atoms with van der Waals surface area (Å²) in [7, 11) is 1.64. The number of aliphatic hydroxyl groups is 1. The van der Waals surface area contributed by atoms with E-state index in [1.54, 1.807) is 27.0 Å². The number of nitrogens with zero attached hydrogens (tertiary/aromatic N) is 3. The molecule has 8 nitrogen and oxygen atoms in total. The van der Waals surface area contributed by atoms with Gasteiger partial charge in [-0.1, -0.05) is 0 Å². The number of nitrogens with one attached hydrogen (secondary N) is 2. The van der Waals surface area contributed by atoms with E-state index in [1.165, 1.54) is 0 Å². The molecular weight excluding hydrogens is 506 g/mol. The normalized spacial score (nSPS) is 20.0. The molecule has 1 amide bonds. The Labute approximate surface area is 186 Å². The van der Waals surface area contributed by atoms with Crippen molar-refractivity contribution in [3.63, 3.8) is 0 Å². The number of H-pyrrole nitrogens is 1. The van der Waals surface area contributed by atoms with Crippen LogP contribution in [0.25, 0.3) is 0 Å². The van der Waals surface area contributed by atoms with Gasteiger partial charge in [0.15, 0.2) is 5.82 Å². The van der Waals surface area contributed by atoms with Crippen LogP contribution < -0.4 is 10.2 Å². The average Bonchev–Trinajstić information content (AvgIpc) is 2.95. The Morgan fingerprint density at radius 1 is 1.34 bits per heavy atom. The Bertz CT molecular complexity index is 879. The maximum Gasteiger partial charge on any atom is 0.269 e. The van der Waals surface area contributed by atoms with Gasteiger partial charge in [0.1, 0.15) is 11.3 Å². The fourth-order valence-electron chi connectivity index (χ4n) is 3.32. The van der Waals surface area contributed by atoms with Crippen molar-refractivity contribution in [3.05, 3.63) is 38.2 Å². The van der Waals surface area contributed by atoms with Crippen LogP contribution in [0.5, 0.6) is 0 Å². The van der Waals surface area contributed by atoms with Gasteiger partial charge in [0.05, 0.1) is 26.8 Å². The number of aryl methyl sites for hydroxylation is 1. The van der Waals surface area contributed by atoms with Crippen molar-refractivity contribution in [2.75, 3.05) is 25.1 Å². The lowest BCUT2D eigenvalue weighted by Gasteiger charge is -2.38. The molecule has 3 N–H and O–H groups in total. The van der Waals surface area contributed by atoms with Crippen molar-refractivity contribution in [2.24, 2.45) is 0 Å². The van der Waals surface area contributed by atoms with Gasteiger partial charge in [-0.25, -0.2) is 0 Å². The quantitative estimate of drug-likeness (QED) is 0.549. The number of anilines is 1. The second-order valence-electron chi connectivity index (χ2n) is 7.68. The molecule has 2 aromatic heterocycles. The van der Waals surface area contributed by atoms with Gasteiger partial charge in [0.25, 0.3) is 5.91 Å². The number of methoxy groups -OCH3 is 1. The van der Waals surface area contributed by atoms with Gasteiger partial charge in [0.2, 0.25) is 0 Å². The van der Waals surface area contributed by atoms with Crippen LogP contribution in [0, 0.1) is 6.92 Å². The van der Waals surface area contributed by atoms with E-state index in [0.29, 0.717) is 35.4 Å². The molecule has 0 aromatic carbocycles. The van der Waals surface area contributed by atoms with Gasteiger partial charge in [-0.05, 0) is 71.2 Å². The third-order valence-electron chi connectivity index (χ3n) is 5.06. The van der Waals surface area contributed by atoms with Crippen LogP contribution in [0.2, 0.25) is 0 Å². The summed E-state index contributed by atoms with van der Waals surface area (Å²) in [6.45, 7) is 6.53. The van der Waals surface area contributed by atoms with Crippen molar-refractivity contribution < 1.29 is 14.6 Å². The lowest BCUT2D eigenvalue weighted by molar-refractivity contribution is 0.0537. The predicted molar refractivity (Wildman–Crippen MR) is 117 cm³/mol. The molecule has 1 aliphatic heterocycles. The zero-order valence-corrected chi connectivity index (χ0v) is 20.0. The molecule has 2 atom stereocenters. The maximum absolute atomic E-state index is 12.7. The van der Waals surface area contributed by atoms with Crippen LogP contribution in [0.4, 0.5) is 5.82 Å². The molecular formula is C19H25Br2N5O3. The number of aromatic amines is 1. The van der Waals surface area contributed by atoms with E-state index in [9.17, 15) is 9.90 Å². The highest BCUT2D eigenvalue weighted by atomic mass is 79.9. The number of carbonyl (C=O) groups is 1. The lowest BCUT2D eigenvalue weighted by Crippen LogP contribution is -2.55. The molecule has 1 fully saturated rings. The number of rotatable bonds is 5. The summed E-state index contributed by atoms with van der Waals surface area (Å²) >= 11 is 6.90. The van der Waals surface area contributed by atoms with Crippen molar-refractivity contribution in [2.45, 2.75) is 44.9 Å². The van der Waals surface area contributed by atoms with Crippen LogP contribution >= 0.6 is 31.9 Å². The Morgan fingerprint density at radius 3 is 2.59 bits per heavy atom. The van der Waals surface area contributed by atoms with E-state index in [2.05, 4.69) is 57.3 Å². The van der Waals surface area contributed by atoms with Gasteiger partial charge in [-0.15, -0.1) is 5.10 Å². The van der Waals surface area contributed by atoms with Gasteiger partial charge in [0, 0.05) is 25.9 Å². The van der Waals surface area contributed by atoms with E-state index >= 15 is 0 Å². The SMILES string of the molecule is CO[C@H]1CN(c2ccc(C(C)(C)O)nn2)CC[C@H]1NC(=O)c1[nH]c(C)c(Br)c1Br. The molecule has 0 aliphatic carbocycles. The van der Waals surface area contributed by atoms with E-state index in [-0.39, 0.29) is 18.1 Å². The molecule has 158 valence electrons. The molecule has 29 heavy (non-hydrogen) atoms. The molecule has 1 saturated heterocycles. The molecule has 10 heteroatoms. The van der Waals surface area contributed by atoms with Crippen LogP contribution in [0.3, 0.4) is 0 Å². The smallest absolute Gasteiger partial charge is 0.269 e. The van der Waals surface area contributed by atoms with Gasteiger partial charge in [-0.3, -0.25) is 4.79 Å². The summed E-state index contributed by atoms with van der Waals surface area (Å²) in [5.41, 5.74) is 0.856. The molecule has 0 radical (unpaired) electrons. The first-order valence-electron chi connectivity index (χ1n) is 9.30. The lowest BCUT2D eigenvalue weighted by atomic mass is 10.0. The van der Waals surface area contributed by atoms with Crippen LogP contribution in [-0.4, -0.2) is 58.5 Å². The minimum absolute atomic E-state index is 0.123. The fraction of sp³-hybridized carbons (Fsp3) is 0.526. The molecule has 3 rings (SSSR count). The zero-order chi connectivity index (χ0) is 21.3. The van der Waals surface area contributed by atoms with Gasteiger partial charge in [-0.2, -0.15) is 5.10 Å². The van der Waals surface area contributed by atoms with E-state index in [1.807, 2.05) is 13.0 Å². The standard InChI is InChI=1S/C19H25Br2N5O3/c1-10-15(20)16(21)17(22-10)18(27)23-11-7-8-26(9-12(11)29-4)14-6-5-13(24-25-14)19(2,3)28/h5-6,11-12,22,28H,7-9H2,1-4H3,(H,23,27)/t11-,12+/m1/s1. The van der Waals surface area contributed by atoms with Crippen molar-refractivity contribution in [1.82, 2.24) is 20.5 Å². The summed E-state index contributed by atoms with van der Waals surface area (Å²) in [5.74, 6) is 0.539. The number of carbonyl (C=O) groups excluding carboxylic acids is 1. The van der Waals surface area contributed by atoms with Gasteiger partial charge < -0.3 is 25.0 Å². The molecule has 3 heterocycles. The predicted octanol–water partition coefficient (Wildman–Crippen LogP) is 2.89. The largest absolute Gasteiger partial charge is 0.384 e. The summed E-state index contributed by atoms with van der Waals surface area (Å²) in [5, 5.41) is 21.5. The van der Waals surface area contributed by atoms with E-state index < -0.39 is 5.60 Å². The monoisotopic (exact) mass is 529 g/mol. The van der Waals surface area contributed by atoms with Gasteiger partial charge >= 0.3 is 0 Å². The van der Waals surface area contributed by atoms with Crippen LogP contribution in [0.15, 0.2) is 21.1 Å². The fourth-order valence-corrected chi connectivity index (χ4v) is 4.19. The highest BCUT2D eigenvalue weighted by Crippen LogP contribution is 2.30. The summed E-state index contributed by atoms with van der Waals surface area (Å²) in [6, 6.07) is 3.50. The average molecular weight is 531 g/mol. The van der Waals surface area contributed by atoms with Crippen LogP contribution in [-0.2, 0) is 10.3 Å². The molecule has 0 unspecified atom stereocenters. The Hall–Kier alpha value is -1.49. The molecule has 2 aromatic rings. The molecule has 0 spiro atoms. The van der Waals surface area contributed by atoms with E-state index in [4.69, 9.17) is 4.74 Å². The second-order valence-corrected chi connectivity index (χ2v) is 9.26. The minimum atomic E-state index is -1.03. The number of amides is 1. The highest BCUT2D eigenvalue weighted by Gasteiger charge is 2.32. The van der Waals surface area contributed by atoms with Crippen LogP contribution in [0.1, 0.15) is 42.1 Å². The number of hydrogen-bond donors (Lipinski definition) is 3. The molecule has 0 saturated carbocycles. The Morgan fingerprint density at radius 2 is 2.07 bits per heavy atom. The highest BCUT2D eigenvalue weighted by molar-refractivity contribution is 9.13. The van der Waals surface area contributed by atoms with Crippen molar-refractivity contribution >= 4 is 43.6 Å². The molecule has 0 bridgehead atoms. The van der Waals surface area contributed by atoms with Crippen molar-refractivity contribution in [3.8, 4) is 0 Å². The second kappa shape index (κ2) is 8.71. The summed E-state index contributed by atoms with van der Waals surface area (Å²) in [4.78, 5) is 17.9. The number of ether oxygens (including phenoxy) is 1. The topological polar surface area (TPSA) is 103 Å². The number of piperidine rings is 1. The third kappa shape index (κ3) is 4.82. The summed E-state index contributed by atoms with van der Waals surface area (Å²) in [6.07, 6.45) is 0.513. The summed E-state index contributed by atoms with van der Waals surface area (Å²) < 4.78 is 7.20. The molecule has 1 aliphatic rings.